The number of carbonyl (C=O) groups excluding carboxylic acids is 1. The van der Waals surface area contributed by atoms with Crippen molar-refractivity contribution < 1.29 is 4.79 Å². The lowest BCUT2D eigenvalue weighted by Crippen LogP contribution is -2.33. The van der Waals surface area contributed by atoms with Gasteiger partial charge in [-0.25, -0.2) is 0 Å². The zero-order valence-electron chi connectivity index (χ0n) is 9.48. The first-order valence-electron chi connectivity index (χ1n) is 5.43. The van der Waals surface area contributed by atoms with Gasteiger partial charge in [0.1, 0.15) is 0 Å². The molecule has 0 bridgehead atoms. The van der Waals surface area contributed by atoms with E-state index in [0.717, 1.165) is 5.39 Å². The molecule has 1 aromatic carbocycles. The molecule has 2 aromatic rings. The molecule has 0 aliphatic rings. The average Bonchev–Trinajstić information content (AvgIpc) is 2.37. The highest BCUT2D eigenvalue weighted by Gasteiger charge is 2.12. The number of amides is 1. The normalized spacial score (nSPS) is 12.4. The van der Waals surface area contributed by atoms with Gasteiger partial charge in [-0.2, -0.15) is 0 Å². The number of hydrogen-bond acceptors (Lipinski definition) is 2. The number of nitrogens with one attached hydrogen (secondary N) is 1. The molecule has 1 N–H and O–H groups in total. The molecule has 88 valence electrons. The van der Waals surface area contributed by atoms with Gasteiger partial charge in [0.2, 0.25) is 0 Å². The monoisotopic (exact) mass is 248 g/mol. The number of benzene rings is 1. The van der Waals surface area contributed by atoms with E-state index in [1.165, 1.54) is 0 Å². The molecule has 1 unspecified atom stereocenters. The molecule has 0 spiro atoms. The van der Waals surface area contributed by atoms with Crippen LogP contribution in [0.1, 0.15) is 17.3 Å². The van der Waals surface area contributed by atoms with Crippen LogP contribution in [-0.2, 0) is 0 Å². The largest absolute Gasteiger partial charge is 0.348 e. The highest BCUT2D eigenvalue weighted by Crippen LogP contribution is 2.15. The van der Waals surface area contributed by atoms with Crippen LogP contribution in [0, 0.1) is 0 Å². The second-order valence-electron chi connectivity index (χ2n) is 3.91. The highest BCUT2D eigenvalue weighted by atomic mass is 35.5. The first-order valence-corrected chi connectivity index (χ1v) is 5.96. The Hall–Kier alpha value is -1.61. The molecule has 0 fully saturated rings. The summed E-state index contributed by atoms with van der Waals surface area (Å²) in [6.07, 6.45) is 1.68. The van der Waals surface area contributed by atoms with Gasteiger partial charge in [-0.05, 0) is 19.1 Å². The van der Waals surface area contributed by atoms with E-state index in [1.54, 1.807) is 12.3 Å². The minimum Gasteiger partial charge on any atom is -0.348 e. The standard InChI is InChI=1S/C13H13ClN2O/c1-9(8-14)16-13(17)11-6-2-4-10-5-3-7-15-12(10)11/h2-7,9H,8H2,1H3,(H,16,17). The van der Waals surface area contributed by atoms with Gasteiger partial charge in [0.15, 0.2) is 0 Å². The molecule has 0 radical (unpaired) electrons. The maximum atomic E-state index is 12.0. The molecule has 0 aliphatic heterocycles. The van der Waals surface area contributed by atoms with Crippen LogP contribution in [0.4, 0.5) is 0 Å². The topological polar surface area (TPSA) is 42.0 Å². The molecule has 17 heavy (non-hydrogen) atoms. The molecule has 1 aromatic heterocycles. The van der Waals surface area contributed by atoms with E-state index in [-0.39, 0.29) is 11.9 Å². The molecule has 1 heterocycles. The zero-order valence-corrected chi connectivity index (χ0v) is 10.2. The van der Waals surface area contributed by atoms with Crippen LogP contribution >= 0.6 is 11.6 Å². The van der Waals surface area contributed by atoms with E-state index in [4.69, 9.17) is 11.6 Å². The van der Waals surface area contributed by atoms with Crippen LogP contribution < -0.4 is 5.32 Å². The van der Waals surface area contributed by atoms with E-state index >= 15 is 0 Å². The highest BCUT2D eigenvalue weighted by molar-refractivity contribution is 6.18. The minimum absolute atomic E-state index is 0.0527. The van der Waals surface area contributed by atoms with Gasteiger partial charge in [-0.1, -0.05) is 18.2 Å². The first kappa shape index (κ1) is 11.9. The maximum absolute atomic E-state index is 12.0. The summed E-state index contributed by atoms with van der Waals surface area (Å²) in [4.78, 5) is 16.3. The van der Waals surface area contributed by atoms with Gasteiger partial charge >= 0.3 is 0 Å². The second-order valence-corrected chi connectivity index (χ2v) is 4.22. The van der Waals surface area contributed by atoms with Crippen molar-refractivity contribution in [3.05, 3.63) is 42.1 Å². The average molecular weight is 249 g/mol. The summed E-state index contributed by atoms with van der Waals surface area (Å²) in [5.41, 5.74) is 1.30. The Labute approximate surface area is 105 Å². The van der Waals surface area contributed by atoms with Gasteiger partial charge in [0.05, 0.1) is 11.1 Å². The van der Waals surface area contributed by atoms with Gasteiger partial charge in [0.25, 0.3) is 5.91 Å². The van der Waals surface area contributed by atoms with Gasteiger partial charge < -0.3 is 5.32 Å². The number of carbonyl (C=O) groups is 1. The fourth-order valence-corrected chi connectivity index (χ4v) is 1.70. The van der Waals surface area contributed by atoms with Crippen molar-refractivity contribution in [2.75, 3.05) is 5.88 Å². The Balaban J connectivity index is 2.38. The fourth-order valence-electron chi connectivity index (χ4n) is 1.63. The summed E-state index contributed by atoms with van der Waals surface area (Å²) in [5, 5.41) is 3.78. The number of aromatic nitrogens is 1. The number of alkyl halides is 1. The summed E-state index contributed by atoms with van der Waals surface area (Å²) in [6.45, 7) is 1.86. The van der Waals surface area contributed by atoms with Gasteiger partial charge in [0, 0.05) is 23.5 Å². The quantitative estimate of drug-likeness (QED) is 0.849. The van der Waals surface area contributed by atoms with E-state index in [2.05, 4.69) is 10.3 Å². The Morgan fingerprint density at radius 2 is 2.18 bits per heavy atom. The van der Waals surface area contributed by atoms with Crippen molar-refractivity contribution in [2.45, 2.75) is 13.0 Å². The second kappa shape index (κ2) is 5.15. The van der Waals surface area contributed by atoms with Gasteiger partial charge in [-0.3, -0.25) is 9.78 Å². The molecule has 1 atom stereocenters. The number of fused-ring (bicyclic) bond motifs is 1. The Bertz CT molecular complexity index is 536. The van der Waals surface area contributed by atoms with Gasteiger partial charge in [-0.15, -0.1) is 11.6 Å². The summed E-state index contributed by atoms with van der Waals surface area (Å²) in [7, 11) is 0. The lowest BCUT2D eigenvalue weighted by atomic mass is 10.1. The number of halogens is 1. The Morgan fingerprint density at radius 3 is 2.94 bits per heavy atom. The Morgan fingerprint density at radius 1 is 1.41 bits per heavy atom. The number of nitrogens with zero attached hydrogens (tertiary/aromatic N) is 1. The van der Waals surface area contributed by atoms with Crippen molar-refractivity contribution in [1.82, 2.24) is 10.3 Å². The maximum Gasteiger partial charge on any atom is 0.253 e. The van der Waals surface area contributed by atoms with Crippen LogP contribution in [0.15, 0.2) is 36.5 Å². The van der Waals surface area contributed by atoms with Crippen LogP contribution in [-0.4, -0.2) is 22.8 Å². The molecule has 0 saturated heterocycles. The molecule has 0 saturated carbocycles. The van der Waals surface area contributed by atoms with Crippen molar-refractivity contribution in [3.63, 3.8) is 0 Å². The van der Waals surface area contributed by atoms with Crippen LogP contribution in [0.5, 0.6) is 0 Å². The third-order valence-electron chi connectivity index (χ3n) is 2.49. The molecule has 4 heteroatoms. The molecule has 2 rings (SSSR count). The molecule has 1 amide bonds. The lowest BCUT2D eigenvalue weighted by Gasteiger charge is -2.11. The van der Waals surface area contributed by atoms with E-state index in [9.17, 15) is 4.79 Å². The van der Waals surface area contributed by atoms with Crippen molar-refractivity contribution in [2.24, 2.45) is 0 Å². The van der Waals surface area contributed by atoms with E-state index < -0.39 is 0 Å². The van der Waals surface area contributed by atoms with Crippen LogP contribution in [0.2, 0.25) is 0 Å². The molecule has 3 nitrogen and oxygen atoms in total. The Kier molecular flexibility index (Phi) is 3.59. The number of pyridine rings is 1. The number of rotatable bonds is 3. The SMILES string of the molecule is CC(CCl)NC(=O)c1cccc2cccnc12. The van der Waals surface area contributed by atoms with Crippen LogP contribution in [0.25, 0.3) is 10.9 Å². The number of para-hydroxylation sites is 1. The summed E-state index contributed by atoms with van der Waals surface area (Å²) >= 11 is 5.67. The number of hydrogen-bond donors (Lipinski definition) is 1. The predicted octanol–water partition coefficient (Wildman–Crippen LogP) is 2.59. The van der Waals surface area contributed by atoms with Crippen molar-refractivity contribution in [1.29, 1.82) is 0 Å². The van der Waals surface area contributed by atoms with E-state index in [0.29, 0.717) is 17.0 Å². The third-order valence-corrected chi connectivity index (χ3v) is 2.95. The lowest BCUT2D eigenvalue weighted by molar-refractivity contribution is 0.0945. The van der Waals surface area contributed by atoms with Crippen molar-refractivity contribution in [3.8, 4) is 0 Å². The summed E-state index contributed by atoms with van der Waals surface area (Å²) in [6, 6.07) is 9.29. The predicted molar refractivity (Wildman–Crippen MR) is 69.4 cm³/mol. The summed E-state index contributed by atoms with van der Waals surface area (Å²) < 4.78 is 0. The smallest absolute Gasteiger partial charge is 0.253 e. The third kappa shape index (κ3) is 2.56. The fraction of sp³-hybridized carbons (Fsp3) is 0.231. The molecular formula is C13H13ClN2O. The zero-order chi connectivity index (χ0) is 12.3. The summed E-state index contributed by atoms with van der Waals surface area (Å²) in [5.74, 6) is 0.256. The van der Waals surface area contributed by atoms with E-state index in [1.807, 2.05) is 31.2 Å². The molecular weight excluding hydrogens is 236 g/mol. The molecule has 0 aliphatic carbocycles. The van der Waals surface area contributed by atoms with Crippen LogP contribution in [0.3, 0.4) is 0 Å². The van der Waals surface area contributed by atoms with Crippen molar-refractivity contribution >= 4 is 28.4 Å². The minimum atomic E-state index is -0.137. The first-order chi connectivity index (χ1) is 8.22.